The number of rotatable bonds is 10. The van der Waals surface area contributed by atoms with Crippen molar-refractivity contribution >= 4 is 56.7 Å². The van der Waals surface area contributed by atoms with Gasteiger partial charge in [0.25, 0.3) is 11.5 Å². The van der Waals surface area contributed by atoms with Gasteiger partial charge in [-0.3, -0.25) is 14.2 Å². The van der Waals surface area contributed by atoms with Crippen molar-refractivity contribution in [2.24, 2.45) is 4.99 Å². The zero-order chi connectivity index (χ0) is 34.8. The summed E-state index contributed by atoms with van der Waals surface area (Å²) in [5.74, 6) is 0.973. The molecule has 1 aliphatic heterocycles. The molecular weight excluding hydrogens is 756 g/mol. The molecule has 2 heterocycles. The van der Waals surface area contributed by atoms with Crippen LogP contribution in [0.15, 0.2) is 93.9 Å². The molecule has 0 saturated heterocycles. The lowest BCUT2D eigenvalue weighted by Gasteiger charge is -2.30. The number of carbonyl (C=O) groups excluding carboxylic acids is 1. The molecule has 0 bridgehead atoms. The average molecular weight is 792 g/mol. The lowest BCUT2D eigenvalue weighted by molar-refractivity contribution is -0.127. The smallest absolute Gasteiger partial charge is 0.271 e. The summed E-state index contributed by atoms with van der Waals surface area (Å²) in [4.78, 5) is 35.8. The Morgan fingerprint density at radius 3 is 2.45 bits per heavy atom. The van der Waals surface area contributed by atoms with Gasteiger partial charge in [0.1, 0.15) is 24.2 Å². The number of likely N-dealkylation sites (N-methyl/N-ethyl adjacent to an activating group) is 1. The first-order valence-electron chi connectivity index (χ1n) is 15.8. The largest absolute Gasteiger partial charge is 0.496 e. The van der Waals surface area contributed by atoms with Gasteiger partial charge >= 0.3 is 0 Å². The fraction of sp³-hybridized carbons (Fsp3) is 0.237. The maximum Gasteiger partial charge on any atom is 0.271 e. The van der Waals surface area contributed by atoms with Crippen molar-refractivity contribution in [2.75, 3.05) is 27.3 Å². The third kappa shape index (κ3) is 6.49. The van der Waals surface area contributed by atoms with E-state index < -0.39 is 6.04 Å². The standard InChI is InChI=1S/C38H35FIN3O5S/c1-6-42(7-2)37(45)32-22(3)41-38-43(34(32)33-26-14-10-8-12-24(26)16-17-29(33)46-4)36(44)31(49-38)20-23-18-28(40)35(30(19-23)47-5)48-21-25-13-9-11-15-27(25)39/h8-20,34H,6-7,21H2,1-5H3/b31-20+/t34-/m0/s1. The Labute approximate surface area is 300 Å². The molecule has 1 aromatic heterocycles. The molecule has 0 unspecified atom stereocenters. The normalized spacial score (nSPS) is 14.4. The van der Waals surface area contributed by atoms with E-state index in [0.29, 0.717) is 62.1 Å². The van der Waals surface area contributed by atoms with Crippen LogP contribution in [-0.2, 0) is 11.4 Å². The Morgan fingerprint density at radius 2 is 1.73 bits per heavy atom. The SMILES string of the molecule is CCN(CC)C(=O)C1=C(C)N=c2s/c(=C/c3cc(I)c(OCc4ccccc4F)c(OC)c3)c(=O)n2[C@@H]1c1c(OC)ccc2ccccc12. The number of methoxy groups -OCH3 is 2. The number of halogens is 2. The Morgan fingerprint density at radius 1 is 1.02 bits per heavy atom. The van der Waals surface area contributed by atoms with E-state index in [1.807, 2.05) is 63.2 Å². The summed E-state index contributed by atoms with van der Waals surface area (Å²) in [6.07, 6.45) is 1.79. The first kappa shape index (κ1) is 34.4. The first-order valence-corrected chi connectivity index (χ1v) is 17.7. The summed E-state index contributed by atoms with van der Waals surface area (Å²) in [5.41, 5.74) is 2.57. The van der Waals surface area contributed by atoms with E-state index in [9.17, 15) is 14.0 Å². The molecule has 1 amide bonds. The summed E-state index contributed by atoms with van der Waals surface area (Å²) in [6, 6.07) is 21.1. The number of aromatic nitrogens is 1. The van der Waals surface area contributed by atoms with Crippen molar-refractivity contribution in [3.05, 3.63) is 130 Å². The van der Waals surface area contributed by atoms with Crippen LogP contribution in [0.1, 0.15) is 43.5 Å². The Kier molecular flexibility index (Phi) is 10.2. The first-order chi connectivity index (χ1) is 23.7. The molecule has 0 saturated carbocycles. The maximum atomic E-state index is 14.5. The summed E-state index contributed by atoms with van der Waals surface area (Å²) < 4.78 is 34.6. The lowest BCUT2D eigenvalue weighted by Crippen LogP contribution is -2.43. The molecule has 0 aliphatic carbocycles. The molecule has 49 heavy (non-hydrogen) atoms. The second kappa shape index (κ2) is 14.6. The van der Waals surface area contributed by atoms with Gasteiger partial charge in [-0.05, 0) is 90.0 Å². The number of hydrogen-bond acceptors (Lipinski definition) is 7. The van der Waals surface area contributed by atoms with Crippen LogP contribution in [0.2, 0.25) is 0 Å². The fourth-order valence-corrected chi connectivity index (χ4v) is 7.99. The van der Waals surface area contributed by atoms with Crippen molar-refractivity contribution in [1.82, 2.24) is 9.47 Å². The molecule has 0 fully saturated rings. The highest BCUT2D eigenvalue weighted by Crippen LogP contribution is 2.41. The van der Waals surface area contributed by atoms with Gasteiger partial charge in [0.2, 0.25) is 0 Å². The molecule has 252 valence electrons. The number of allylic oxidation sites excluding steroid dienone is 1. The predicted octanol–water partition coefficient (Wildman–Crippen LogP) is 6.60. The molecule has 1 atom stereocenters. The van der Waals surface area contributed by atoms with E-state index in [1.54, 1.807) is 46.9 Å². The molecule has 8 nitrogen and oxygen atoms in total. The second-order valence-corrected chi connectivity index (χ2v) is 13.5. The highest BCUT2D eigenvalue weighted by Gasteiger charge is 2.36. The highest BCUT2D eigenvalue weighted by molar-refractivity contribution is 14.1. The zero-order valence-corrected chi connectivity index (χ0v) is 30.7. The van der Waals surface area contributed by atoms with Crippen LogP contribution in [0.3, 0.4) is 0 Å². The van der Waals surface area contributed by atoms with Crippen LogP contribution in [0.4, 0.5) is 4.39 Å². The van der Waals surface area contributed by atoms with Crippen molar-refractivity contribution in [3.8, 4) is 17.2 Å². The monoisotopic (exact) mass is 791 g/mol. The van der Waals surface area contributed by atoms with Crippen molar-refractivity contribution < 1.29 is 23.4 Å². The third-order valence-electron chi connectivity index (χ3n) is 8.61. The van der Waals surface area contributed by atoms with Crippen LogP contribution in [0.25, 0.3) is 16.8 Å². The van der Waals surface area contributed by atoms with Gasteiger partial charge in [0, 0.05) is 24.2 Å². The molecular formula is C38H35FIN3O5S. The lowest BCUT2D eigenvalue weighted by atomic mass is 9.90. The Balaban J connectivity index is 1.52. The molecule has 1 aliphatic rings. The number of carbonyl (C=O) groups is 1. The predicted molar refractivity (Wildman–Crippen MR) is 199 cm³/mol. The van der Waals surface area contributed by atoms with Crippen molar-refractivity contribution in [3.63, 3.8) is 0 Å². The van der Waals surface area contributed by atoms with Gasteiger partial charge < -0.3 is 19.1 Å². The minimum Gasteiger partial charge on any atom is -0.496 e. The van der Waals surface area contributed by atoms with Gasteiger partial charge in [-0.25, -0.2) is 9.38 Å². The van der Waals surface area contributed by atoms with Gasteiger partial charge in [-0.15, -0.1) is 0 Å². The van der Waals surface area contributed by atoms with E-state index in [0.717, 1.165) is 19.9 Å². The summed E-state index contributed by atoms with van der Waals surface area (Å²) in [7, 11) is 3.13. The molecule has 6 rings (SSSR count). The van der Waals surface area contributed by atoms with Crippen molar-refractivity contribution in [2.45, 2.75) is 33.4 Å². The van der Waals surface area contributed by atoms with Crippen LogP contribution in [0.5, 0.6) is 17.2 Å². The number of amides is 1. The third-order valence-corrected chi connectivity index (χ3v) is 10.4. The van der Waals surface area contributed by atoms with Crippen molar-refractivity contribution in [1.29, 1.82) is 0 Å². The van der Waals surface area contributed by atoms with E-state index in [4.69, 9.17) is 19.2 Å². The second-order valence-electron chi connectivity index (χ2n) is 11.4. The van der Waals surface area contributed by atoms with Crippen LogP contribution in [-0.4, -0.2) is 42.7 Å². The molecule has 11 heteroatoms. The quantitative estimate of drug-likeness (QED) is 0.149. The summed E-state index contributed by atoms with van der Waals surface area (Å²) in [5, 5.41) is 1.84. The summed E-state index contributed by atoms with van der Waals surface area (Å²) in [6.45, 7) is 6.75. The van der Waals surface area contributed by atoms with Crippen LogP contribution >= 0.6 is 33.9 Å². The van der Waals surface area contributed by atoms with E-state index in [1.165, 1.54) is 24.5 Å². The number of fused-ring (bicyclic) bond motifs is 2. The number of ether oxygens (including phenoxy) is 3. The topological polar surface area (TPSA) is 82.4 Å². The average Bonchev–Trinajstić information content (AvgIpc) is 3.40. The minimum absolute atomic E-state index is 0.0303. The Hall–Kier alpha value is -4.49. The van der Waals surface area contributed by atoms with Crippen LogP contribution < -0.4 is 29.1 Å². The number of hydrogen-bond donors (Lipinski definition) is 0. The van der Waals surface area contributed by atoms with Gasteiger partial charge in [-0.1, -0.05) is 59.9 Å². The fourth-order valence-electron chi connectivity index (χ4n) is 6.16. The molecule has 0 N–H and O–H groups in total. The van der Waals surface area contributed by atoms with E-state index in [2.05, 4.69) is 22.6 Å². The van der Waals surface area contributed by atoms with E-state index in [-0.39, 0.29) is 23.9 Å². The highest BCUT2D eigenvalue weighted by atomic mass is 127. The van der Waals surface area contributed by atoms with Crippen LogP contribution in [0, 0.1) is 9.39 Å². The molecule has 0 spiro atoms. The molecule has 5 aromatic rings. The molecule has 0 radical (unpaired) electrons. The molecule has 4 aromatic carbocycles. The zero-order valence-electron chi connectivity index (χ0n) is 27.8. The summed E-state index contributed by atoms with van der Waals surface area (Å²) >= 11 is 3.40. The number of thiazole rings is 1. The van der Waals surface area contributed by atoms with Gasteiger partial charge in [-0.2, -0.15) is 0 Å². The minimum atomic E-state index is -0.781. The number of nitrogens with zero attached hydrogens (tertiary/aromatic N) is 3. The van der Waals surface area contributed by atoms with Gasteiger partial charge in [0.15, 0.2) is 16.3 Å². The number of benzene rings is 4. The maximum absolute atomic E-state index is 14.5. The van der Waals surface area contributed by atoms with Gasteiger partial charge in [0.05, 0.1) is 33.6 Å². The van der Waals surface area contributed by atoms with E-state index >= 15 is 0 Å². The Bertz CT molecular complexity index is 2290.